The van der Waals surface area contributed by atoms with Crippen molar-refractivity contribution in [2.75, 3.05) is 20.6 Å². The average Bonchev–Trinajstić information content (AvgIpc) is 2.38. The van der Waals surface area contributed by atoms with E-state index >= 15 is 0 Å². The fraction of sp³-hybridized carbons (Fsp3) is 0.923. The lowest BCUT2D eigenvalue weighted by atomic mass is 9.94. The number of nitrogens with zero attached hydrogens (tertiary/aromatic N) is 2. The summed E-state index contributed by atoms with van der Waals surface area (Å²) in [5, 5.41) is -0.495. The third kappa shape index (κ3) is 4.18. The maximum atomic E-state index is 12.1. The van der Waals surface area contributed by atoms with Gasteiger partial charge in [0.25, 0.3) is 0 Å². The molecule has 1 saturated carbocycles. The van der Waals surface area contributed by atoms with Crippen molar-refractivity contribution < 1.29 is 13.2 Å². The van der Waals surface area contributed by atoms with Crippen LogP contribution in [0.25, 0.3) is 0 Å². The summed E-state index contributed by atoms with van der Waals surface area (Å²) in [4.78, 5) is 13.9. The molecule has 0 atom stereocenters. The molecule has 19 heavy (non-hydrogen) atoms. The Balaban J connectivity index is 2.59. The largest absolute Gasteiger partial charge is 0.342 e. The van der Waals surface area contributed by atoms with Crippen molar-refractivity contribution in [2.45, 2.75) is 57.2 Å². The van der Waals surface area contributed by atoms with Crippen LogP contribution in [0, 0.1) is 0 Å². The van der Waals surface area contributed by atoms with E-state index in [0.29, 0.717) is 0 Å². The first kappa shape index (κ1) is 16.4. The lowest BCUT2D eigenvalue weighted by molar-refractivity contribution is -0.132. The molecule has 0 N–H and O–H groups in total. The Hall–Kier alpha value is -0.620. The van der Waals surface area contributed by atoms with Crippen LogP contribution in [0.4, 0.5) is 0 Å². The number of rotatable bonds is 5. The van der Waals surface area contributed by atoms with Crippen LogP contribution >= 0.6 is 0 Å². The molecule has 0 spiro atoms. The molecule has 0 aromatic heterocycles. The van der Waals surface area contributed by atoms with Crippen LogP contribution in [0.2, 0.25) is 0 Å². The molecule has 6 heteroatoms. The van der Waals surface area contributed by atoms with Gasteiger partial charge >= 0.3 is 0 Å². The molecular formula is C13H26N2O3S. The quantitative estimate of drug-likeness (QED) is 0.770. The van der Waals surface area contributed by atoms with Crippen LogP contribution in [0.3, 0.4) is 0 Å². The van der Waals surface area contributed by atoms with Gasteiger partial charge in [-0.3, -0.25) is 4.79 Å². The minimum atomic E-state index is -3.35. The zero-order valence-electron chi connectivity index (χ0n) is 12.4. The minimum absolute atomic E-state index is 0.0620. The van der Waals surface area contributed by atoms with Crippen LogP contribution < -0.4 is 0 Å². The smallest absolute Gasteiger partial charge is 0.237 e. The summed E-state index contributed by atoms with van der Waals surface area (Å²) in [5.41, 5.74) is 0. The molecule has 0 unspecified atom stereocenters. The van der Waals surface area contributed by atoms with Gasteiger partial charge in [-0.2, -0.15) is 4.31 Å². The zero-order chi connectivity index (χ0) is 14.6. The molecule has 1 amide bonds. The summed E-state index contributed by atoms with van der Waals surface area (Å²) in [7, 11) is -0.0904. The first-order valence-corrected chi connectivity index (χ1v) is 8.48. The Bertz CT molecular complexity index is 400. The van der Waals surface area contributed by atoms with E-state index in [1.165, 1.54) is 17.8 Å². The first-order valence-electron chi connectivity index (χ1n) is 6.97. The first-order chi connectivity index (χ1) is 8.76. The number of hydrogen-bond donors (Lipinski definition) is 0. The summed E-state index contributed by atoms with van der Waals surface area (Å²) in [6.45, 7) is 3.19. The van der Waals surface area contributed by atoms with Crippen molar-refractivity contribution >= 4 is 15.9 Å². The number of likely N-dealkylation sites (N-methyl/N-ethyl adjacent to an activating group) is 2. The summed E-state index contributed by atoms with van der Waals surface area (Å²) < 4.78 is 25.0. The lowest BCUT2D eigenvalue weighted by Crippen LogP contribution is -2.45. The Morgan fingerprint density at radius 1 is 1.16 bits per heavy atom. The second-order valence-electron chi connectivity index (χ2n) is 5.65. The van der Waals surface area contributed by atoms with E-state index in [0.717, 1.165) is 25.7 Å². The molecule has 1 rings (SSSR count). The van der Waals surface area contributed by atoms with Gasteiger partial charge in [-0.05, 0) is 26.7 Å². The topological polar surface area (TPSA) is 57.7 Å². The van der Waals surface area contributed by atoms with E-state index < -0.39 is 15.3 Å². The Morgan fingerprint density at radius 3 is 2.16 bits per heavy atom. The van der Waals surface area contributed by atoms with E-state index in [1.54, 1.807) is 25.8 Å². The predicted molar refractivity (Wildman–Crippen MR) is 76.3 cm³/mol. The van der Waals surface area contributed by atoms with E-state index in [4.69, 9.17) is 0 Å². The van der Waals surface area contributed by atoms with E-state index in [2.05, 4.69) is 0 Å². The van der Waals surface area contributed by atoms with Crippen LogP contribution in [0.15, 0.2) is 0 Å². The fourth-order valence-corrected chi connectivity index (χ4v) is 3.43. The van der Waals surface area contributed by atoms with Crippen molar-refractivity contribution in [3.05, 3.63) is 0 Å². The van der Waals surface area contributed by atoms with Crippen LogP contribution in [0.1, 0.15) is 46.0 Å². The maximum absolute atomic E-state index is 12.1. The van der Waals surface area contributed by atoms with Crippen LogP contribution in [0.5, 0.6) is 0 Å². The van der Waals surface area contributed by atoms with Crippen molar-refractivity contribution in [2.24, 2.45) is 0 Å². The molecule has 1 aliphatic carbocycles. The molecule has 0 bridgehead atoms. The summed E-state index contributed by atoms with van der Waals surface area (Å²) >= 11 is 0. The second kappa shape index (κ2) is 6.70. The summed E-state index contributed by atoms with van der Waals surface area (Å²) in [6, 6.07) is 0.274. The highest BCUT2D eigenvalue weighted by Gasteiger charge is 2.27. The monoisotopic (exact) mass is 290 g/mol. The molecule has 1 aliphatic rings. The molecule has 0 aromatic carbocycles. The van der Waals surface area contributed by atoms with E-state index in [9.17, 15) is 13.2 Å². The molecule has 5 nitrogen and oxygen atoms in total. The van der Waals surface area contributed by atoms with Gasteiger partial charge in [-0.25, -0.2) is 8.42 Å². The highest BCUT2D eigenvalue weighted by molar-refractivity contribution is 7.89. The number of carbonyl (C=O) groups is 1. The molecular weight excluding hydrogens is 264 g/mol. The van der Waals surface area contributed by atoms with Gasteiger partial charge in [0, 0.05) is 20.1 Å². The second-order valence-corrected chi connectivity index (χ2v) is 8.24. The van der Waals surface area contributed by atoms with Gasteiger partial charge in [0.05, 0.1) is 11.8 Å². The molecule has 1 fully saturated rings. The minimum Gasteiger partial charge on any atom is -0.342 e. The van der Waals surface area contributed by atoms with Gasteiger partial charge in [0.2, 0.25) is 15.9 Å². The predicted octanol–water partition coefficient (Wildman–Crippen LogP) is 1.45. The van der Waals surface area contributed by atoms with Gasteiger partial charge < -0.3 is 4.90 Å². The molecule has 0 saturated heterocycles. The van der Waals surface area contributed by atoms with Gasteiger partial charge in [-0.1, -0.05) is 19.3 Å². The van der Waals surface area contributed by atoms with E-state index in [1.807, 2.05) is 0 Å². The highest BCUT2D eigenvalue weighted by Crippen LogP contribution is 2.21. The van der Waals surface area contributed by atoms with Crippen molar-refractivity contribution in [1.29, 1.82) is 0 Å². The number of sulfonamides is 1. The van der Waals surface area contributed by atoms with Crippen molar-refractivity contribution in [3.8, 4) is 0 Å². The van der Waals surface area contributed by atoms with Gasteiger partial charge in [-0.15, -0.1) is 0 Å². The summed E-state index contributed by atoms with van der Waals surface area (Å²) in [5.74, 6) is -0.112. The maximum Gasteiger partial charge on any atom is 0.237 e. The third-order valence-electron chi connectivity index (χ3n) is 3.90. The average molecular weight is 290 g/mol. The Morgan fingerprint density at radius 2 is 1.68 bits per heavy atom. The summed E-state index contributed by atoms with van der Waals surface area (Å²) in [6.07, 6.45) is 5.61. The molecule has 0 heterocycles. The van der Waals surface area contributed by atoms with Crippen LogP contribution in [-0.4, -0.2) is 55.5 Å². The number of amides is 1. The van der Waals surface area contributed by atoms with Gasteiger partial charge in [0.1, 0.15) is 0 Å². The lowest BCUT2D eigenvalue weighted by Gasteiger charge is -2.32. The molecule has 0 radical (unpaired) electrons. The SMILES string of the molecule is CC(C)S(=O)(=O)N(C)CC(=O)N(C)C1CCCCC1. The van der Waals surface area contributed by atoms with Gasteiger partial charge in [0.15, 0.2) is 0 Å². The van der Waals surface area contributed by atoms with E-state index in [-0.39, 0.29) is 18.5 Å². The Labute approximate surface area is 117 Å². The normalized spacial score (nSPS) is 18.0. The number of carbonyl (C=O) groups excluding carboxylic acids is 1. The van der Waals surface area contributed by atoms with Crippen LogP contribution in [-0.2, 0) is 14.8 Å². The van der Waals surface area contributed by atoms with Crippen molar-refractivity contribution in [3.63, 3.8) is 0 Å². The standard InChI is InChI=1S/C13H26N2O3S/c1-11(2)19(17,18)14(3)10-13(16)15(4)12-8-6-5-7-9-12/h11-12H,5-10H2,1-4H3. The highest BCUT2D eigenvalue weighted by atomic mass is 32.2. The Kier molecular flexibility index (Phi) is 5.80. The molecule has 0 aromatic rings. The molecule has 112 valence electrons. The van der Waals surface area contributed by atoms with Crippen molar-refractivity contribution in [1.82, 2.24) is 9.21 Å². The third-order valence-corrected chi connectivity index (χ3v) is 6.09. The zero-order valence-corrected chi connectivity index (χ0v) is 13.2. The number of hydrogen-bond acceptors (Lipinski definition) is 3. The molecule has 0 aliphatic heterocycles. The fourth-order valence-electron chi connectivity index (χ4n) is 2.42.